The predicted octanol–water partition coefficient (Wildman–Crippen LogP) is 0.883. The van der Waals surface area contributed by atoms with Gasteiger partial charge in [-0.05, 0) is 6.92 Å². The smallest absolute Gasteiger partial charge is 0.143 e. The largest absolute Gasteiger partial charge is 0.410 e. The Labute approximate surface area is 51.7 Å². The third-order valence-electron chi connectivity index (χ3n) is 0.971. The van der Waals surface area contributed by atoms with Gasteiger partial charge in [-0.3, -0.25) is 0 Å². The highest BCUT2D eigenvalue weighted by Crippen LogP contribution is 2.18. The molecule has 1 heterocycles. The number of nitrogens with zero attached hydrogens (tertiary/aromatic N) is 1. The number of thioether (sulfide) groups is 1. The lowest BCUT2D eigenvalue weighted by Crippen LogP contribution is -2.07. The summed E-state index contributed by atoms with van der Waals surface area (Å²) in [6.45, 7) is 1.86. The van der Waals surface area contributed by atoms with E-state index in [0.29, 0.717) is 11.0 Å². The molecule has 1 aliphatic heterocycles. The monoisotopic (exact) mass is 133 g/mol. The fourth-order valence-electron chi connectivity index (χ4n) is 0.495. The minimum Gasteiger partial charge on any atom is -0.410 e. The van der Waals surface area contributed by atoms with Crippen LogP contribution in [0.1, 0.15) is 6.92 Å². The number of hydrogen-bond acceptors (Lipinski definition) is 4. The lowest BCUT2D eigenvalue weighted by atomic mass is 10.4. The zero-order valence-corrected chi connectivity index (χ0v) is 5.31. The fraction of sp³-hybridized carbons (Fsp3) is 0.750. The first-order valence-corrected chi connectivity index (χ1v) is 3.29. The maximum Gasteiger partial charge on any atom is 0.143 e. The highest BCUT2D eigenvalue weighted by atomic mass is 32.2. The Morgan fingerprint density at radius 1 is 2.00 bits per heavy atom. The first-order valence-electron chi connectivity index (χ1n) is 2.31. The van der Waals surface area contributed by atoms with Crippen molar-refractivity contribution in [3.63, 3.8) is 0 Å². The van der Waals surface area contributed by atoms with E-state index < -0.39 is 0 Å². The van der Waals surface area contributed by atoms with Crippen LogP contribution < -0.4 is 0 Å². The predicted molar refractivity (Wildman–Crippen MR) is 32.2 cm³/mol. The standard InChI is InChI=1S/C4H7NO2S/c1-3-4(5-6)8-2-7-3/h3,6H,2H2,1H3. The van der Waals surface area contributed by atoms with Crippen molar-refractivity contribution in [2.75, 3.05) is 5.94 Å². The third kappa shape index (κ3) is 0.952. The van der Waals surface area contributed by atoms with Gasteiger partial charge >= 0.3 is 0 Å². The van der Waals surface area contributed by atoms with Crippen molar-refractivity contribution >= 4 is 16.8 Å². The second kappa shape index (κ2) is 2.37. The summed E-state index contributed by atoms with van der Waals surface area (Å²) in [5, 5.41) is 11.9. The zero-order chi connectivity index (χ0) is 5.98. The molecule has 1 fully saturated rings. The van der Waals surface area contributed by atoms with Crippen LogP contribution in [0.5, 0.6) is 0 Å². The number of ether oxygens (including phenoxy) is 1. The van der Waals surface area contributed by atoms with E-state index in [2.05, 4.69) is 5.16 Å². The average Bonchev–Trinajstić information content (AvgIpc) is 2.14. The molecule has 0 aromatic heterocycles. The first-order chi connectivity index (χ1) is 3.84. The van der Waals surface area contributed by atoms with Crippen molar-refractivity contribution in [3.05, 3.63) is 0 Å². The van der Waals surface area contributed by atoms with Gasteiger partial charge in [0.25, 0.3) is 0 Å². The van der Waals surface area contributed by atoms with E-state index in [4.69, 9.17) is 9.94 Å². The van der Waals surface area contributed by atoms with Crippen LogP contribution in [0.15, 0.2) is 5.16 Å². The third-order valence-corrected chi connectivity index (χ3v) is 1.93. The Morgan fingerprint density at radius 3 is 3.00 bits per heavy atom. The Morgan fingerprint density at radius 2 is 2.75 bits per heavy atom. The Balaban J connectivity index is 2.55. The van der Waals surface area contributed by atoms with Crippen molar-refractivity contribution in [3.8, 4) is 0 Å². The van der Waals surface area contributed by atoms with Crippen LogP contribution in [0, 0.1) is 0 Å². The molecule has 3 nitrogen and oxygen atoms in total. The van der Waals surface area contributed by atoms with E-state index in [1.54, 1.807) is 0 Å². The van der Waals surface area contributed by atoms with Gasteiger partial charge < -0.3 is 9.94 Å². The van der Waals surface area contributed by atoms with Crippen LogP contribution in [0.4, 0.5) is 0 Å². The molecule has 0 amide bonds. The van der Waals surface area contributed by atoms with Gasteiger partial charge in [0, 0.05) is 0 Å². The summed E-state index contributed by atoms with van der Waals surface area (Å²) in [5.41, 5.74) is 0. The van der Waals surface area contributed by atoms with Crippen LogP contribution in [0.25, 0.3) is 0 Å². The molecule has 8 heavy (non-hydrogen) atoms. The van der Waals surface area contributed by atoms with Crippen LogP contribution in [0.3, 0.4) is 0 Å². The lowest BCUT2D eigenvalue weighted by Gasteiger charge is -1.95. The van der Waals surface area contributed by atoms with Gasteiger partial charge in [-0.15, -0.1) is 0 Å². The van der Waals surface area contributed by atoms with E-state index in [0.717, 1.165) is 0 Å². The molecular formula is C4H7NO2S. The quantitative estimate of drug-likeness (QED) is 0.394. The SMILES string of the molecule is CC1OCSC1=NO. The molecule has 0 bridgehead atoms. The summed E-state index contributed by atoms with van der Waals surface area (Å²) in [6.07, 6.45) is -0.00926. The second-order valence-electron chi connectivity index (χ2n) is 1.51. The molecule has 1 atom stereocenters. The zero-order valence-electron chi connectivity index (χ0n) is 4.50. The van der Waals surface area contributed by atoms with Gasteiger partial charge in [0.1, 0.15) is 11.1 Å². The van der Waals surface area contributed by atoms with Crippen LogP contribution in [-0.2, 0) is 4.74 Å². The lowest BCUT2D eigenvalue weighted by molar-refractivity contribution is 0.164. The average molecular weight is 133 g/mol. The summed E-state index contributed by atoms with van der Waals surface area (Å²) in [6, 6.07) is 0. The molecule has 1 aliphatic rings. The van der Waals surface area contributed by atoms with E-state index in [1.165, 1.54) is 11.8 Å². The van der Waals surface area contributed by atoms with Crippen molar-refractivity contribution in [2.45, 2.75) is 13.0 Å². The first kappa shape index (κ1) is 5.91. The summed E-state index contributed by atoms with van der Waals surface area (Å²) in [5.74, 6) is 0.612. The summed E-state index contributed by atoms with van der Waals surface area (Å²) < 4.78 is 5.03. The van der Waals surface area contributed by atoms with Crippen LogP contribution in [0.2, 0.25) is 0 Å². The van der Waals surface area contributed by atoms with Gasteiger partial charge in [-0.1, -0.05) is 16.9 Å². The molecule has 1 rings (SSSR count). The van der Waals surface area contributed by atoms with Gasteiger partial charge in [-0.2, -0.15) is 0 Å². The molecule has 0 aromatic carbocycles. The van der Waals surface area contributed by atoms with Gasteiger partial charge in [0.05, 0.1) is 5.94 Å². The molecule has 4 heteroatoms. The summed E-state index contributed by atoms with van der Waals surface area (Å²) in [4.78, 5) is 0. The van der Waals surface area contributed by atoms with E-state index >= 15 is 0 Å². The molecule has 1 N–H and O–H groups in total. The highest BCUT2D eigenvalue weighted by Gasteiger charge is 2.19. The van der Waals surface area contributed by atoms with E-state index in [-0.39, 0.29) is 6.10 Å². The minimum absolute atomic E-state index is 0.00926. The molecule has 0 saturated carbocycles. The van der Waals surface area contributed by atoms with Crippen molar-refractivity contribution in [1.82, 2.24) is 0 Å². The summed E-state index contributed by atoms with van der Waals surface area (Å²) in [7, 11) is 0. The maximum atomic E-state index is 8.22. The molecule has 1 saturated heterocycles. The highest BCUT2D eigenvalue weighted by molar-refractivity contribution is 8.14. The van der Waals surface area contributed by atoms with Gasteiger partial charge in [0.15, 0.2) is 0 Å². The van der Waals surface area contributed by atoms with Crippen molar-refractivity contribution in [2.24, 2.45) is 5.16 Å². The molecule has 1 unspecified atom stereocenters. The normalized spacial score (nSPS) is 34.1. The minimum atomic E-state index is -0.00926. The molecule has 0 aromatic rings. The van der Waals surface area contributed by atoms with Crippen molar-refractivity contribution < 1.29 is 9.94 Å². The van der Waals surface area contributed by atoms with Crippen LogP contribution >= 0.6 is 11.8 Å². The number of oxime groups is 1. The van der Waals surface area contributed by atoms with Gasteiger partial charge in [-0.25, -0.2) is 0 Å². The van der Waals surface area contributed by atoms with E-state index in [9.17, 15) is 0 Å². The Kier molecular flexibility index (Phi) is 1.75. The Hall–Kier alpha value is -0.220. The fourth-order valence-corrected chi connectivity index (χ4v) is 1.25. The van der Waals surface area contributed by atoms with E-state index in [1.807, 2.05) is 6.92 Å². The van der Waals surface area contributed by atoms with Crippen molar-refractivity contribution in [1.29, 1.82) is 0 Å². The maximum absolute atomic E-state index is 8.22. The molecule has 0 spiro atoms. The molecule has 46 valence electrons. The topological polar surface area (TPSA) is 41.8 Å². The Bertz CT molecular complexity index is 115. The number of hydrogen-bond donors (Lipinski definition) is 1. The second-order valence-corrected chi connectivity index (χ2v) is 2.45. The van der Waals surface area contributed by atoms with Crippen LogP contribution in [-0.4, -0.2) is 22.3 Å². The molecular weight excluding hydrogens is 126 g/mol. The number of rotatable bonds is 0. The molecule has 0 aliphatic carbocycles. The van der Waals surface area contributed by atoms with Gasteiger partial charge in [0.2, 0.25) is 0 Å². The molecule has 0 radical (unpaired) electrons. The summed E-state index contributed by atoms with van der Waals surface area (Å²) >= 11 is 1.43.